The molecule has 0 saturated carbocycles. The lowest BCUT2D eigenvalue weighted by Crippen LogP contribution is -2.38. The van der Waals surface area contributed by atoms with E-state index in [1.165, 1.54) is 31.3 Å². The summed E-state index contributed by atoms with van der Waals surface area (Å²) in [6.45, 7) is 3.30. The molecule has 3 nitrogen and oxygen atoms in total. The summed E-state index contributed by atoms with van der Waals surface area (Å²) in [5.74, 6) is 0.945. The van der Waals surface area contributed by atoms with Crippen molar-refractivity contribution < 1.29 is 9.53 Å². The number of para-hydroxylation sites is 1. The third kappa shape index (κ3) is 3.29. The maximum absolute atomic E-state index is 12.5. The highest BCUT2D eigenvalue weighted by atomic mass is 16.5. The molecule has 1 aromatic carbocycles. The fourth-order valence-corrected chi connectivity index (χ4v) is 3.13. The Labute approximate surface area is 126 Å². The summed E-state index contributed by atoms with van der Waals surface area (Å²) >= 11 is 0. The van der Waals surface area contributed by atoms with Gasteiger partial charge in [0.2, 0.25) is 0 Å². The molecule has 0 radical (unpaired) electrons. The van der Waals surface area contributed by atoms with Crippen molar-refractivity contribution >= 4 is 5.91 Å². The van der Waals surface area contributed by atoms with E-state index in [4.69, 9.17) is 4.74 Å². The van der Waals surface area contributed by atoms with Crippen LogP contribution in [0.1, 0.15) is 44.6 Å². The van der Waals surface area contributed by atoms with Crippen LogP contribution in [-0.2, 0) is 11.3 Å². The topological polar surface area (TPSA) is 29.5 Å². The summed E-state index contributed by atoms with van der Waals surface area (Å²) in [6.07, 6.45) is 7.97. The molecule has 0 fully saturated rings. The first kappa shape index (κ1) is 14.2. The summed E-state index contributed by atoms with van der Waals surface area (Å²) in [6, 6.07) is 7.96. The zero-order valence-corrected chi connectivity index (χ0v) is 12.7. The van der Waals surface area contributed by atoms with Gasteiger partial charge in [-0.2, -0.15) is 0 Å². The van der Waals surface area contributed by atoms with Crippen molar-refractivity contribution in [3.05, 3.63) is 41.5 Å². The van der Waals surface area contributed by atoms with Crippen molar-refractivity contribution in [1.82, 2.24) is 4.90 Å². The lowest BCUT2D eigenvalue weighted by molar-refractivity contribution is -0.137. The predicted molar refractivity (Wildman–Crippen MR) is 83.1 cm³/mol. The summed E-state index contributed by atoms with van der Waals surface area (Å²) in [4.78, 5) is 14.4. The maximum Gasteiger partial charge on any atom is 0.263 e. The Bertz CT molecular complexity index is 550. The van der Waals surface area contributed by atoms with Crippen molar-refractivity contribution in [2.24, 2.45) is 0 Å². The molecule has 0 saturated heterocycles. The Morgan fingerprint density at radius 1 is 1.29 bits per heavy atom. The van der Waals surface area contributed by atoms with Gasteiger partial charge in [-0.1, -0.05) is 29.8 Å². The molecule has 3 rings (SSSR count). The van der Waals surface area contributed by atoms with Crippen LogP contribution in [0.15, 0.2) is 35.9 Å². The molecule has 1 amide bonds. The molecular weight excluding hydrogens is 262 g/mol. The minimum absolute atomic E-state index is 0.0996. The molecule has 0 N–H and O–H groups in total. The molecular formula is C18H23NO2. The highest BCUT2D eigenvalue weighted by Gasteiger charge is 2.27. The number of nitrogens with zero attached hydrogens (tertiary/aromatic N) is 1. The van der Waals surface area contributed by atoms with Crippen LogP contribution in [0.2, 0.25) is 0 Å². The van der Waals surface area contributed by atoms with E-state index < -0.39 is 6.10 Å². The van der Waals surface area contributed by atoms with E-state index >= 15 is 0 Å². The van der Waals surface area contributed by atoms with Gasteiger partial charge in [-0.15, -0.1) is 0 Å². The molecule has 1 atom stereocenters. The van der Waals surface area contributed by atoms with E-state index in [0.29, 0.717) is 6.54 Å². The zero-order chi connectivity index (χ0) is 14.7. The van der Waals surface area contributed by atoms with Gasteiger partial charge in [0.1, 0.15) is 5.75 Å². The second-order valence-electron chi connectivity index (χ2n) is 5.99. The largest absolute Gasteiger partial charge is 0.481 e. The zero-order valence-electron chi connectivity index (χ0n) is 12.7. The summed E-state index contributed by atoms with van der Waals surface area (Å²) < 4.78 is 5.79. The van der Waals surface area contributed by atoms with Crippen molar-refractivity contribution in [2.45, 2.75) is 51.7 Å². The first-order chi connectivity index (χ1) is 10.2. The Morgan fingerprint density at radius 3 is 2.95 bits per heavy atom. The van der Waals surface area contributed by atoms with E-state index in [1.54, 1.807) is 0 Å². The van der Waals surface area contributed by atoms with Crippen molar-refractivity contribution in [2.75, 3.05) is 6.54 Å². The molecule has 0 bridgehead atoms. The number of hydrogen-bond acceptors (Lipinski definition) is 2. The quantitative estimate of drug-likeness (QED) is 0.793. The molecule has 21 heavy (non-hydrogen) atoms. The number of hydrogen-bond donors (Lipinski definition) is 0. The smallest absolute Gasteiger partial charge is 0.263 e. The fourth-order valence-electron chi connectivity index (χ4n) is 3.13. The first-order valence-corrected chi connectivity index (χ1v) is 7.95. The average Bonchev–Trinajstić information content (AvgIpc) is 2.64. The number of ether oxygens (including phenoxy) is 1. The van der Waals surface area contributed by atoms with Crippen molar-refractivity contribution in [3.63, 3.8) is 0 Å². The molecule has 0 aromatic heterocycles. The number of carbonyl (C=O) groups excluding carboxylic acids is 1. The van der Waals surface area contributed by atoms with E-state index in [2.05, 4.69) is 6.08 Å². The third-order valence-electron chi connectivity index (χ3n) is 4.38. The molecule has 1 aromatic rings. The number of rotatable bonds is 3. The van der Waals surface area contributed by atoms with Crippen LogP contribution >= 0.6 is 0 Å². The molecule has 1 heterocycles. The van der Waals surface area contributed by atoms with Crippen molar-refractivity contribution in [3.8, 4) is 5.75 Å². The summed E-state index contributed by atoms with van der Waals surface area (Å²) in [5.41, 5.74) is 2.62. The van der Waals surface area contributed by atoms with Crippen LogP contribution < -0.4 is 4.74 Å². The predicted octanol–water partition coefficient (Wildman–Crippen LogP) is 3.69. The monoisotopic (exact) mass is 285 g/mol. The van der Waals surface area contributed by atoms with Crippen LogP contribution in [0.3, 0.4) is 0 Å². The van der Waals surface area contributed by atoms with Crippen LogP contribution in [0.4, 0.5) is 0 Å². The number of fused-ring (bicyclic) bond motifs is 1. The van der Waals surface area contributed by atoms with Gasteiger partial charge in [-0.3, -0.25) is 4.79 Å². The molecule has 1 aliphatic carbocycles. The first-order valence-electron chi connectivity index (χ1n) is 7.95. The second-order valence-corrected chi connectivity index (χ2v) is 5.99. The van der Waals surface area contributed by atoms with E-state index in [0.717, 1.165) is 24.3 Å². The van der Waals surface area contributed by atoms with Gasteiger partial charge in [0.25, 0.3) is 5.91 Å². The number of benzene rings is 1. The van der Waals surface area contributed by atoms with Crippen LogP contribution in [-0.4, -0.2) is 23.5 Å². The van der Waals surface area contributed by atoms with Gasteiger partial charge in [0.15, 0.2) is 6.10 Å². The molecule has 1 aliphatic heterocycles. The van der Waals surface area contributed by atoms with Gasteiger partial charge < -0.3 is 9.64 Å². The fraction of sp³-hybridized carbons (Fsp3) is 0.500. The molecule has 1 unspecified atom stereocenters. The summed E-state index contributed by atoms with van der Waals surface area (Å²) in [7, 11) is 0. The highest BCUT2D eigenvalue weighted by molar-refractivity contribution is 5.81. The van der Waals surface area contributed by atoms with E-state index in [9.17, 15) is 4.79 Å². The van der Waals surface area contributed by atoms with Gasteiger partial charge in [-0.05, 0) is 45.1 Å². The molecule has 2 aliphatic rings. The second kappa shape index (κ2) is 6.33. The van der Waals surface area contributed by atoms with Gasteiger partial charge in [0, 0.05) is 18.7 Å². The van der Waals surface area contributed by atoms with Gasteiger partial charge in [-0.25, -0.2) is 0 Å². The molecule has 0 spiro atoms. The van der Waals surface area contributed by atoms with Crippen molar-refractivity contribution in [1.29, 1.82) is 0 Å². The third-order valence-corrected chi connectivity index (χ3v) is 4.38. The van der Waals surface area contributed by atoms with E-state index in [-0.39, 0.29) is 5.91 Å². The summed E-state index contributed by atoms with van der Waals surface area (Å²) in [5, 5.41) is 0. The Balaban J connectivity index is 1.71. The van der Waals surface area contributed by atoms with E-state index in [1.807, 2.05) is 36.1 Å². The lowest BCUT2D eigenvalue weighted by atomic mass is 9.97. The van der Waals surface area contributed by atoms with Crippen LogP contribution in [0, 0.1) is 0 Å². The number of carbonyl (C=O) groups is 1. The lowest BCUT2D eigenvalue weighted by Gasteiger charge is -2.23. The maximum atomic E-state index is 12.5. The Kier molecular flexibility index (Phi) is 4.28. The average molecular weight is 285 g/mol. The Morgan fingerprint density at radius 2 is 2.14 bits per heavy atom. The normalized spacial score (nSPS) is 22.1. The minimum Gasteiger partial charge on any atom is -0.481 e. The van der Waals surface area contributed by atoms with Crippen LogP contribution in [0.5, 0.6) is 5.75 Å². The van der Waals surface area contributed by atoms with Gasteiger partial charge >= 0.3 is 0 Å². The minimum atomic E-state index is -0.394. The number of allylic oxidation sites excluding steroid dienone is 1. The number of amides is 1. The molecule has 3 heteroatoms. The highest BCUT2D eigenvalue weighted by Crippen LogP contribution is 2.26. The Hall–Kier alpha value is -1.77. The van der Waals surface area contributed by atoms with Gasteiger partial charge in [0.05, 0.1) is 0 Å². The molecule has 112 valence electrons. The standard InChI is InChI=1S/C18H23NO2/c1-14-18(20)19(12-11-15-7-3-2-4-8-15)13-16-9-5-6-10-17(16)21-14/h5-7,9-10,14H,2-4,8,11-13H2,1H3. The van der Waals surface area contributed by atoms with Crippen LogP contribution in [0.25, 0.3) is 0 Å². The SMILES string of the molecule is CC1Oc2ccccc2CN(CCC2=CCCCC2)C1=O.